The van der Waals surface area contributed by atoms with Crippen molar-refractivity contribution in [2.75, 3.05) is 5.73 Å². The Kier molecular flexibility index (Phi) is 4.01. The fourth-order valence-corrected chi connectivity index (χ4v) is 2.16. The number of halogens is 2. The number of terminal acetylenes is 1. The van der Waals surface area contributed by atoms with Gasteiger partial charge >= 0.3 is 0 Å². The van der Waals surface area contributed by atoms with Crippen LogP contribution in [0.25, 0.3) is 11.3 Å². The van der Waals surface area contributed by atoms with Crippen molar-refractivity contribution in [3.63, 3.8) is 0 Å². The standard InChI is InChI=1S/C15H15ClFN3/c1-4-7-20-14(18)13(19-15(20)9(2)3)10-5-6-11(16)12(17)8-10/h1,5-6,8-9H,7,18H2,2-3H3. The van der Waals surface area contributed by atoms with E-state index in [9.17, 15) is 4.39 Å². The van der Waals surface area contributed by atoms with Gasteiger partial charge in [-0.3, -0.25) is 0 Å². The first kappa shape index (κ1) is 14.4. The van der Waals surface area contributed by atoms with Gasteiger partial charge in [-0.15, -0.1) is 6.42 Å². The van der Waals surface area contributed by atoms with Gasteiger partial charge in [0.1, 0.15) is 23.2 Å². The average Bonchev–Trinajstić information content (AvgIpc) is 2.72. The third-order valence-electron chi connectivity index (χ3n) is 3.00. The molecule has 3 nitrogen and oxygen atoms in total. The van der Waals surface area contributed by atoms with Crippen molar-refractivity contribution < 1.29 is 4.39 Å². The highest BCUT2D eigenvalue weighted by Gasteiger charge is 2.18. The molecule has 2 N–H and O–H groups in total. The molecule has 0 fully saturated rings. The lowest BCUT2D eigenvalue weighted by Crippen LogP contribution is -2.07. The second-order valence-corrected chi connectivity index (χ2v) is 5.18. The Morgan fingerprint density at radius 2 is 2.20 bits per heavy atom. The van der Waals surface area contributed by atoms with Crippen molar-refractivity contribution in [2.24, 2.45) is 0 Å². The third-order valence-corrected chi connectivity index (χ3v) is 3.30. The number of nitrogen functional groups attached to an aromatic ring is 1. The second kappa shape index (κ2) is 5.56. The Morgan fingerprint density at radius 1 is 1.50 bits per heavy atom. The number of nitrogens with two attached hydrogens (primary N) is 1. The number of hydrogen-bond donors (Lipinski definition) is 1. The van der Waals surface area contributed by atoms with Crippen LogP contribution in [-0.2, 0) is 6.54 Å². The molecule has 0 atom stereocenters. The maximum Gasteiger partial charge on any atom is 0.142 e. The summed E-state index contributed by atoms with van der Waals surface area (Å²) in [5, 5.41) is 0.0689. The first-order valence-electron chi connectivity index (χ1n) is 6.20. The summed E-state index contributed by atoms with van der Waals surface area (Å²) >= 11 is 5.69. The minimum atomic E-state index is -0.499. The predicted molar refractivity (Wildman–Crippen MR) is 80.0 cm³/mol. The van der Waals surface area contributed by atoms with E-state index in [1.165, 1.54) is 12.1 Å². The topological polar surface area (TPSA) is 43.8 Å². The van der Waals surface area contributed by atoms with E-state index >= 15 is 0 Å². The summed E-state index contributed by atoms with van der Waals surface area (Å²) in [6, 6.07) is 4.50. The van der Waals surface area contributed by atoms with Gasteiger partial charge in [0.15, 0.2) is 0 Å². The molecule has 0 bridgehead atoms. The molecule has 2 rings (SSSR count). The minimum Gasteiger partial charge on any atom is -0.383 e. The van der Waals surface area contributed by atoms with Crippen LogP contribution in [0.2, 0.25) is 5.02 Å². The Labute approximate surface area is 122 Å². The largest absolute Gasteiger partial charge is 0.383 e. The van der Waals surface area contributed by atoms with Gasteiger partial charge in [-0.05, 0) is 12.1 Å². The molecule has 0 aliphatic heterocycles. The van der Waals surface area contributed by atoms with E-state index in [1.807, 2.05) is 13.8 Å². The highest BCUT2D eigenvalue weighted by atomic mass is 35.5. The lowest BCUT2D eigenvalue weighted by molar-refractivity contribution is 0.628. The summed E-state index contributed by atoms with van der Waals surface area (Å²) in [5.74, 6) is 3.44. The number of rotatable bonds is 3. The number of benzene rings is 1. The normalized spacial score (nSPS) is 10.8. The van der Waals surface area contributed by atoms with Gasteiger partial charge < -0.3 is 10.3 Å². The lowest BCUT2D eigenvalue weighted by Gasteiger charge is -2.08. The molecule has 20 heavy (non-hydrogen) atoms. The molecule has 0 aliphatic carbocycles. The van der Waals surface area contributed by atoms with Crippen LogP contribution in [0.4, 0.5) is 10.2 Å². The third kappa shape index (κ3) is 2.50. The summed E-state index contributed by atoms with van der Waals surface area (Å²) in [5.41, 5.74) is 7.21. The van der Waals surface area contributed by atoms with E-state index in [0.29, 0.717) is 23.6 Å². The molecule has 2 aromatic rings. The Bertz CT molecular complexity index is 683. The highest BCUT2D eigenvalue weighted by Crippen LogP contribution is 2.31. The maximum absolute atomic E-state index is 13.6. The summed E-state index contributed by atoms with van der Waals surface area (Å²) < 4.78 is 15.3. The number of nitrogens with zero attached hydrogens (tertiary/aromatic N) is 2. The van der Waals surface area contributed by atoms with E-state index in [1.54, 1.807) is 10.6 Å². The highest BCUT2D eigenvalue weighted by molar-refractivity contribution is 6.30. The predicted octanol–water partition coefficient (Wildman–Crippen LogP) is 3.68. The summed E-state index contributed by atoms with van der Waals surface area (Å²) in [7, 11) is 0. The fourth-order valence-electron chi connectivity index (χ4n) is 2.04. The van der Waals surface area contributed by atoms with Gasteiger partial charge in [-0.1, -0.05) is 37.4 Å². The molecule has 0 radical (unpaired) electrons. The van der Waals surface area contributed by atoms with Crippen LogP contribution >= 0.6 is 11.6 Å². The molecule has 0 saturated carbocycles. The molecular formula is C15H15ClFN3. The van der Waals surface area contributed by atoms with Gasteiger partial charge in [0.2, 0.25) is 0 Å². The van der Waals surface area contributed by atoms with Crippen LogP contribution in [0, 0.1) is 18.2 Å². The molecule has 5 heteroatoms. The van der Waals surface area contributed by atoms with E-state index in [2.05, 4.69) is 10.9 Å². The number of anilines is 1. The summed E-state index contributed by atoms with van der Waals surface area (Å²) in [6.45, 7) is 4.34. The first-order chi connectivity index (χ1) is 9.45. The molecule has 1 heterocycles. The molecular weight excluding hydrogens is 277 g/mol. The fraction of sp³-hybridized carbons (Fsp3) is 0.267. The average molecular weight is 292 g/mol. The van der Waals surface area contributed by atoms with Crippen molar-refractivity contribution in [1.29, 1.82) is 0 Å². The van der Waals surface area contributed by atoms with E-state index in [-0.39, 0.29) is 10.9 Å². The molecule has 0 unspecified atom stereocenters. The molecule has 1 aromatic heterocycles. The molecule has 0 saturated heterocycles. The van der Waals surface area contributed by atoms with Gasteiger partial charge in [0.25, 0.3) is 0 Å². The number of hydrogen-bond acceptors (Lipinski definition) is 2. The van der Waals surface area contributed by atoms with Gasteiger partial charge in [-0.2, -0.15) is 0 Å². The first-order valence-corrected chi connectivity index (χ1v) is 6.58. The zero-order chi connectivity index (χ0) is 14.9. The van der Waals surface area contributed by atoms with Crippen LogP contribution in [0.1, 0.15) is 25.6 Å². The van der Waals surface area contributed by atoms with Crippen molar-refractivity contribution in [1.82, 2.24) is 9.55 Å². The Balaban J connectivity index is 2.60. The Morgan fingerprint density at radius 3 is 2.75 bits per heavy atom. The van der Waals surface area contributed by atoms with Crippen molar-refractivity contribution in [3.8, 4) is 23.6 Å². The van der Waals surface area contributed by atoms with Crippen molar-refractivity contribution >= 4 is 17.4 Å². The lowest BCUT2D eigenvalue weighted by atomic mass is 10.1. The van der Waals surface area contributed by atoms with Crippen LogP contribution in [0.5, 0.6) is 0 Å². The number of aromatic nitrogens is 2. The zero-order valence-electron chi connectivity index (χ0n) is 11.3. The quantitative estimate of drug-likeness (QED) is 0.877. The van der Waals surface area contributed by atoms with E-state index in [0.717, 1.165) is 5.82 Å². The van der Waals surface area contributed by atoms with Crippen LogP contribution in [0.3, 0.4) is 0 Å². The van der Waals surface area contributed by atoms with Gasteiger partial charge in [0.05, 0.1) is 11.6 Å². The minimum absolute atomic E-state index is 0.0689. The van der Waals surface area contributed by atoms with Crippen molar-refractivity contribution in [3.05, 3.63) is 34.9 Å². The molecule has 0 spiro atoms. The molecule has 0 amide bonds. The van der Waals surface area contributed by atoms with E-state index in [4.69, 9.17) is 23.8 Å². The monoisotopic (exact) mass is 291 g/mol. The molecule has 104 valence electrons. The van der Waals surface area contributed by atoms with Crippen LogP contribution in [-0.4, -0.2) is 9.55 Å². The smallest absolute Gasteiger partial charge is 0.142 e. The molecule has 0 aliphatic rings. The van der Waals surface area contributed by atoms with Gasteiger partial charge in [0, 0.05) is 11.5 Å². The summed E-state index contributed by atoms with van der Waals surface area (Å²) in [4.78, 5) is 4.50. The second-order valence-electron chi connectivity index (χ2n) is 4.78. The van der Waals surface area contributed by atoms with Crippen LogP contribution < -0.4 is 5.73 Å². The maximum atomic E-state index is 13.6. The van der Waals surface area contributed by atoms with E-state index < -0.39 is 5.82 Å². The Hall–Kier alpha value is -1.99. The van der Waals surface area contributed by atoms with Crippen molar-refractivity contribution in [2.45, 2.75) is 26.3 Å². The SMILES string of the molecule is C#CCn1c(C(C)C)nc(-c2ccc(Cl)c(F)c2)c1N. The number of imidazole rings is 1. The van der Waals surface area contributed by atoms with Crippen LogP contribution in [0.15, 0.2) is 18.2 Å². The summed E-state index contributed by atoms with van der Waals surface area (Å²) in [6.07, 6.45) is 5.36. The molecule has 1 aromatic carbocycles. The zero-order valence-corrected chi connectivity index (χ0v) is 12.1. The van der Waals surface area contributed by atoms with Gasteiger partial charge in [-0.25, -0.2) is 9.37 Å².